The second-order valence-corrected chi connectivity index (χ2v) is 17.8. The number of rotatable bonds is 6. The molecule has 0 nitrogen and oxygen atoms in total. The molecule has 0 amide bonds. The maximum Gasteiger partial charge on any atom is 0 e. The monoisotopic (exact) mass is 813 g/mol. The van der Waals surface area contributed by atoms with Gasteiger partial charge in [0.15, 0.2) is 0 Å². The third-order valence-corrected chi connectivity index (χ3v) is 12.0. The Morgan fingerprint density at radius 1 is 0.447 bits per heavy atom. The van der Waals surface area contributed by atoms with Crippen LogP contribution < -0.4 is 0 Å². The van der Waals surface area contributed by atoms with Gasteiger partial charge in [0.2, 0.25) is 0 Å². The molecule has 0 aromatic carbocycles. The Labute approximate surface area is 354 Å². The maximum absolute atomic E-state index is 2.42. The standard InChI is InChI=1S/2C11H22.2C10H19.3CH4.2Y/c1-5-10-6-9(2)7-11(3,4)8-10;1-5-9-7-11(3,4)8-10(9)6-2;1-4-10-6-8(2)5-9(3)7-10;1-4-9-6-8(3)7-10(9)5-2;;;;;/h2*9-10H,5-8H2,1-4H3;8,10H,4-7H2,1-3H3;9-10H,4-7H2,1-3H3;3*1H4;;/q;;2*-1;;;;;. The van der Waals surface area contributed by atoms with Crippen molar-refractivity contribution in [2.45, 2.75) is 222 Å². The average Bonchev–Trinajstić information content (AvgIpc) is 3.44. The molecule has 47 heavy (non-hydrogen) atoms. The molecule has 0 aromatic heterocycles. The Kier molecular flexibility index (Phi) is 36.9. The molecule has 4 aliphatic rings. The van der Waals surface area contributed by atoms with Gasteiger partial charge in [-0.05, 0) is 66.6 Å². The normalized spacial score (nSPS) is 32.3. The van der Waals surface area contributed by atoms with Gasteiger partial charge in [-0.3, -0.25) is 0 Å². The molecular weight excluding hydrogens is 718 g/mol. The summed E-state index contributed by atoms with van der Waals surface area (Å²) in [6.45, 7) is 33.1. The van der Waals surface area contributed by atoms with Gasteiger partial charge in [-0.2, -0.15) is 39.5 Å². The van der Waals surface area contributed by atoms with Crippen LogP contribution in [0.15, 0.2) is 0 Å². The molecular formula is C45H94Y2-2. The minimum absolute atomic E-state index is 0. The molecule has 8 unspecified atom stereocenters. The van der Waals surface area contributed by atoms with E-state index in [1.54, 1.807) is 11.8 Å². The summed E-state index contributed by atoms with van der Waals surface area (Å²) in [5, 5.41) is 0. The van der Waals surface area contributed by atoms with Crippen LogP contribution in [-0.4, -0.2) is 0 Å². The third-order valence-electron chi connectivity index (χ3n) is 12.0. The van der Waals surface area contributed by atoms with E-state index in [9.17, 15) is 0 Å². The van der Waals surface area contributed by atoms with E-state index in [0.717, 1.165) is 47.3 Å². The van der Waals surface area contributed by atoms with Crippen molar-refractivity contribution in [1.29, 1.82) is 0 Å². The summed E-state index contributed by atoms with van der Waals surface area (Å²) in [5.74, 6) is 11.5. The van der Waals surface area contributed by atoms with Crippen LogP contribution in [0, 0.1) is 70.0 Å². The van der Waals surface area contributed by atoms with Gasteiger partial charge >= 0.3 is 0 Å². The molecule has 8 atom stereocenters. The zero-order chi connectivity index (χ0) is 32.1. The van der Waals surface area contributed by atoms with E-state index in [2.05, 4.69) is 96.9 Å². The Morgan fingerprint density at radius 2 is 0.809 bits per heavy atom. The fourth-order valence-corrected chi connectivity index (χ4v) is 10.1. The van der Waals surface area contributed by atoms with Crippen molar-refractivity contribution in [3.05, 3.63) is 11.8 Å². The Bertz CT molecular complexity index is 647. The molecule has 0 saturated heterocycles. The van der Waals surface area contributed by atoms with Gasteiger partial charge in [0, 0.05) is 65.4 Å². The first-order valence-electron chi connectivity index (χ1n) is 19.2. The zero-order valence-corrected chi connectivity index (χ0v) is 38.8. The van der Waals surface area contributed by atoms with Crippen LogP contribution in [0.2, 0.25) is 0 Å². The summed E-state index contributed by atoms with van der Waals surface area (Å²) < 4.78 is 0. The summed E-state index contributed by atoms with van der Waals surface area (Å²) in [4.78, 5) is 0. The first kappa shape index (κ1) is 58.5. The topological polar surface area (TPSA) is 0 Å². The van der Waals surface area contributed by atoms with Crippen LogP contribution in [0.3, 0.4) is 0 Å². The van der Waals surface area contributed by atoms with Crippen molar-refractivity contribution in [3.63, 3.8) is 0 Å². The largest absolute Gasteiger partial charge is 0.316 e. The molecule has 2 radical (unpaired) electrons. The summed E-state index contributed by atoms with van der Waals surface area (Å²) in [5.41, 5.74) is 1.26. The van der Waals surface area contributed by atoms with E-state index in [1.807, 2.05) is 0 Å². The predicted octanol–water partition coefficient (Wildman–Crippen LogP) is 16.5. The van der Waals surface area contributed by atoms with E-state index < -0.39 is 0 Å². The van der Waals surface area contributed by atoms with Crippen molar-refractivity contribution < 1.29 is 65.4 Å². The van der Waals surface area contributed by atoms with E-state index >= 15 is 0 Å². The minimum Gasteiger partial charge on any atom is -0.316 e. The zero-order valence-electron chi connectivity index (χ0n) is 33.1. The quantitative estimate of drug-likeness (QED) is 0.234. The summed E-state index contributed by atoms with van der Waals surface area (Å²) in [6, 6.07) is 0. The van der Waals surface area contributed by atoms with Crippen LogP contribution >= 0.6 is 0 Å². The van der Waals surface area contributed by atoms with Gasteiger partial charge in [0.05, 0.1) is 0 Å². The molecule has 0 bridgehead atoms. The average molecular weight is 813 g/mol. The molecule has 4 rings (SSSR count). The number of hydrogen-bond donors (Lipinski definition) is 0. The van der Waals surface area contributed by atoms with Crippen LogP contribution in [0.4, 0.5) is 0 Å². The Hall–Kier alpha value is 2.21. The van der Waals surface area contributed by atoms with Crippen molar-refractivity contribution >= 4 is 0 Å². The van der Waals surface area contributed by atoms with Gasteiger partial charge in [-0.25, -0.2) is 0 Å². The fraction of sp³-hybridized carbons (Fsp3) is 0.956. The van der Waals surface area contributed by atoms with E-state index in [1.165, 1.54) is 103 Å². The summed E-state index contributed by atoms with van der Waals surface area (Å²) in [7, 11) is 0. The molecule has 0 N–H and O–H groups in total. The molecule has 4 saturated carbocycles. The summed E-state index contributed by atoms with van der Waals surface area (Å²) >= 11 is 0. The second-order valence-electron chi connectivity index (χ2n) is 17.8. The smallest absolute Gasteiger partial charge is 0 e. The molecule has 4 aliphatic carbocycles. The fourth-order valence-electron chi connectivity index (χ4n) is 10.1. The van der Waals surface area contributed by atoms with Crippen LogP contribution in [0.5, 0.6) is 0 Å². The first-order valence-corrected chi connectivity index (χ1v) is 19.2. The Morgan fingerprint density at radius 3 is 1.15 bits per heavy atom. The van der Waals surface area contributed by atoms with Crippen molar-refractivity contribution in [2.24, 2.45) is 58.2 Å². The van der Waals surface area contributed by atoms with E-state index in [-0.39, 0.29) is 87.7 Å². The van der Waals surface area contributed by atoms with Crippen LogP contribution in [0.25, 0.3) is 0 Å². The number of hydrogen-bond acceptors (Lipinski definition) is 0. The van der Waals surface area contributed by atoms with Crippen LogP contribution in [0.1, 0.15) is 222 Å². The molecule has 0 spiro atoms. The van der Waals surface area contributed by atoms with Crippen molar-refractivity contribution in [2.75, 3.05) is 0 Å². The van der Waals surface area contributed by atoms with Gasteiger partial charge < -0.3 is 11.8 Å². The van der Waals surface area contributed by atoms with Gasteiger partial charge in [-0.15, -0.1) is 0 Å². The SMILES string of the molecule is C.C.C.CCC1CC(C)(C)CC1CC.CCC1CC(C)CC(C)(C)C1.CCC1C[C-](C)CC(C)C1.CCC1C[C-](C)CC1CC.[Y].[Y]. The molecule has 282 valence electrons. The van der Waals surface area contributed by atoms with E-state index in [4.69, 9.17) is 0 Å². The minimum atomic E-state index is 0. The maximum atomic E-state index is 2.42. The molecule has 0 heterocycles. The second kappa shape index (κ2) is 29.6. The van der Waals surface area contributed by atoms with E-state index in [0.29, 0.717) is 10.8 Å². The van der Waals surface area contributed by atoms with Crippen molar-refractivity contribution in [1.82, 2.24) is 0 Å². The van der Waals surface area contributed by atoms with Gasteiger partial charge in [0.25, 0.3) is 0 Å². The molecule has 2 heteroatoms. The van der Waals surface area contributed by atoms with Gasteiger partial charge in [-0.1, -0.05) is 174 Å². The molecule has 0 aromatic rings. The third kappa shape index (κ3) is 23.5. The Balaban J connectivity index is -0.000000161. The first-order chi connectivity index (χ1) is 19.6. The molecule has 0 aliphatic heterocycles. The predicted molar refractivity (Wildman–Crippen MR) is 213 cm³/mol. The van der Waals surface area contributed by atoms with Gasteiger partial charge in [0.1, 0.15) is 0 Å². The molecule has 4 fully saturated rings. The van der Waals surface area contributed by atoms with Crippen LogP contribution in [-0.2, 0) is 65.4 Å². The summed E-state index contributed by atoms with van der Waals surface area (Å²) in [6.07, 6.45) is 22.7. The van der Waals surface area contributed by atoms with Crippen molar-refractivity contribution in [3.8, 4) is 0 Å².